The van der Waals surface area contributed by atoms with Gasteiger partial charge in [-0.2, -0.15) is 0 Å². The van der Waals surface area contributed by atoms with E-state index in [1.54, 1.807) is 47.4 Å². The predicted octanol–water partition coefficient (Wildman–Crippen LogP) is 5.58. The van der Waals surface area contributed by atoms with Gasteiger partial charge in [0.15, 0.2) is 0 Å². The topological polar surface area (TPSA) is 57.7 Å². The van der Waals surface area contributed by atoms with Crippen molar-refractivity contribution in [3.8, 4) is 0 Å². The first-order valence-corrected chi connectivity index (χ1v) is 12.9. The van der Waals surface area contributed by atoms with E-state index in [1.165, 1.54) is 0 Å². The van der Waals surface area contributed by atoms with Crippen molar-refractivity contribution in [2.45, 2.75) is 49.9 Å². The van der Waals surface area contributed by atoms with Crippen LogP contribution in [0.1, 0.15) is 58.5 Å². The number of anilines is 1. The summed E-state index contributed by atoms with van der Waals surface area (Å²) >= 11 is 0. The highest BCUT2D eigenvalue weighted by molar-refractivity contribution is 7.85. The van der Waals surface area contributed by atoms with Gasteiger partial charge in [-0.1, -0.05) is 50.2 Å². The molecule has 5 nitrogen and oxygen atoms in total. The zero-order chi connectivity index (χ0) is 24.2. The van der Waals surface area contributed by atoms with E-state index in [2.05, 4.69) is 13.8 Å². The Morgan fingerprint density at radius 3 is 2.29 bits per heavy atom. The van der Waals surface area contributed by atoms with Crippen molar-refractivity contribution < 1.29 is 13.8 Å². The molecule has 3 aromatic rings. The van der Waals surface area contributed by atoms with E-state index in [1.807, 2.05) is 36.1 Å². The number of nitrogens with zero attached hydrogens (tertiary/aromatic N) is 2. The number of carbonyl (C=O) groups is 2. The number of fused-ring (bicyclic) bond motifs is 2. The lowest BCUT2D eigenvalue weighted by Crippen LogP contribution is -2.33. The molecule has 1 aliphatic heterocycles. The summed E-state index contributed by atoms with van der Waals surface area (Å²) < 4.78 is 13.6. The second-order valence-electron chi connectivity index (χ2n) is 8.56. The van der Waals surface area contributed by atoms with Gasteiger partial charge >= 0.3 is 0 Å². The highest BCUT2D eigenvalue weighted by Gasteiger charge is 2.32. The Morgan fingerprint density at radius 2 is 1.59 bits per heavy atom. The molecule has 1 atom stereocenters. The lowest BCUT2D eigenvalue weighted by Gasteiger charge is -2.26. The molecule has 0 unspecified atom stereocenters. The van der Waals surface area contributed by atoms with Crippen LogP contribution in [-0.2, 0) is 17.3 Å². The zero-order valence-corrected chi connectivity index (χ0v) is 20.7. The van der Waals surface area contributed by atoms with Crippen molar-refractivity contribution in [2.75, 3.05) is 18.0 Å². The lowest BCUT2D eigenvalue weighted by molar-refractivity contribution is 0.0755. The average Bonchev–Trinajstić information content (AvgIpc) is 2.94. The normalized spacial score (nSPS) is 14.9. The number of hydrogen-bond donors (Lipinski definition) is 0. The van der Waals surface area contributed by atoms with Gasteiger partial charge in [0.2, 0.25) is 0 Å². The molecule has 0 radical (unpaired) electrons. The first kappa shape index (κ1) is 23.9. The van der Waals surface area contributed by atoms with Gasteiger partial charge < -0.3 is 9.80 Å². The second kappa shape index (κ2) is 10.3. The minimum atomic E-state index is -1.54. The summed E-state index contributed by atoms with van der Waals surface area (Å²) in [5.74, 6) is -0.281. The van der Waals surface area contributed by atoms with E-state index in [-0.39, 0.29) is 11.8 Å². The van der Waals surface area contributed by atoms with E-state index in [4.69, 9.17) is 0 Å². The van der Waals surface area contributed by atoms with Crippen molar-refractivity contribution in [3.63, 3.8) is 0 Å². The maximum atomic E-state index is 13.8. The second-order valence-corrected chi connectivity index (χ2v) is 9.97. The van der Waals surface area contributed by atoms with Gasteiger partial charge in [0, 0.05) is 18.7 Å². The molecular weight excluding hydrogens is 444 g/mol. The highest BCUT2D eigenvalue weighted by atomic mass is 32.2. The van der Waals surface area contributed by atoms with E-state index >= 15 is 0 Å². The third-order valence-corrected chi connectivity index (χ3v) is 7.62. The Kier molecular flexibility index (Phi) is 7.27. The van der Waals surface area contributed by atoms with Crippen molar-refractivity contribution in [2.24, 2.45) is 0 Å². The maximum absolute atomic E-state index is 13.8. The van der Waals surface area contributed by atoms with Crippen molar-refractivity contribution in [1.82, 2.24) is 4.90 Å². The van der Waals surface area contributed by atoms with Crippen LogP contribution in [0.2, 0.25) is 0 Å². The van der Waals surface area contributed by atoms with Crippen LogP contribution >= 0.6 is 0 Å². The summed E-state index contributed by atoms with van der Waals surface area (Å²) in [6, 6.07) is 20.2. The Balaban J connectivity index is 1.86. The van der Waals surface area contributed by atoms with E-state index in [0.717, 1.165) is 24.0 Å². The van der Waals surface area contributed by atoms with Crippen LogP contribution in [0.3, 0.4) is 0 Å². The Bertz CT molecular complexity index is 1250. The van der Waals surface area contributed by atoms with Crippen LogP contribution in [0.5, 0.6) is 0 Å². The molecular formula is C28H30N2O3S. The fourth-order valence-corrected chi connectivity index (χ4v) is 5.69. The van der Waals surface area contributed by atoms with Crippen molar-refractivity contribution in [3.05, 3.63) is 89.0 Å². The van der Waals surface area contributed by atoms with Gasteiger partial charge in [0.1, 0.15) is 0 Å². The summed E-state index contributed by atoms with van der Waals surface area (Å²) in [7, 11) is -1.54. The summed E-state index contributed by atoms with van der Waals surface area (Å²) in [6.45, 7) is 7.79. The highest BCUT2D eigenvalue weighted by Crippen LogP contribution is 2.36. The van der Waals surface area contributed by atoms with E-state index in [9.17, 15) is 13.8 Å². The SMILES string of the molecule is CCCN(CCC)C(=O)c1ccc2c(c1)N(Cc1ccccc1C)C(=O)c1ccccc1[S@@]2=O. The number of amides is 2. The molecule has 0 spiro atoms. The number of carbonyl (C=O) groups excluding carboxylic acids is 2. The van der Waals surface area contributed by atoms with Crippen LogP contribution in [0.4, 0.5) is 5.69 Å². The monoisotopic (exact) mass is 474 g/mol. The van der Waals surface area contributed by atoms with Crippen molar-refractivity contribution in [1.29, 1.82) is 0 Å². The minimum absolute atomic E-state index is 0.0673. The summed E-state index contributed by atoms with van der Waals surface area (Å²) in [4.78, 5) is 31.7. The molecule has 1 aliphatic rings. The molecule has 0 aliphatic carbocycles. The number of aryl methyl sites for hydroxylation is 1. The molecule has 34 heavy (non-hydrogen) atoms. The Morgan fingerprint density at radius 1 is 0.912 bits per heavy atom. The molecule has 3 aromatic carbocycles. The minimum Gasteiger partial charge on any atom is -0.339 e. The van der Waals surface area contributed by atoms with Gasteiger partial charge in [-0.25, -0.2) is 4.21 Å². The maximum Gasteiger partial charge on any atom is 0.259 e. The van der Waals surface area contributed by atoms with E-state index < -0.39 is 10.8 Å². The van der Waals surface area contributed by atoms with Crippen LogP contribution < -0.4 is 4.90 Å². The largest absolute Gasteiger partial charge is 0.339 e. The van der Waals surface area contributed by atoms with Crippen LogP contribution in [0, 0.1) is 6.92 Å². The van der Waals surface area contributed by atoms with Crippen LogP contribution in [0.25, 0.3) is 0 Å². The van der Waals surface area contributed by atoms with Gasteiger partial charge in [-0.3, -0.25) is 9.59 Å². The fourth-order valence-electron chi connectivity index (χ4n) is 4.35. The number of hydrogen-bond acceptors (Lipinski definition) is 3. The van der Waals surface area contributed by atoms with Crippen LogP contribution in [0.15, 0.2) is 76.5 Å². The first-order valence-electron chi connectivity index (χ1n) is 11.8. The molecule has 2 amide bonds. The quantitative estimate of drug-likeness (QED) is 0.449. The summed E-state index contributed by atoms with van der Waals surface area (Å²) in [5.41, 5.74) is 3.53. The lowest BCUT2D eigenvalue weighted by atomic mass is 10.1. The predicted molar refractivity (Wildman–Crippen MR) is 136 cm³/mol. The van der Waals surface area contributed by atoms with Gasteiger partial charge in [0.05, 0.1) is 38.4 Å². The molecule has 0 saturated heterocycles. The number of benzene rings is 3. The molecule has 1 heterocycles. The van der Waals surface area contributed by atoms with Gasteiger partial charge in [-0.15, -0.1) is 0 Å². The molecule has 0 bridgehead atoms. The molecule has 4 rings (SSSR count). The summed E-state index contributed by atoms with van der Waals surface area (Å²) in [6.07, 6.45) is 1.74. The Labute approximate surface area is 203 Å². The Hall–Kier alpha value is -3.25. The smallest absolute Gasteiger partial charge is 0.259 e. The standard InChI is InChI=1S/C28H30N2O3S/c1-4-16-29(17-5-2)27(31)21-14-15-26-24(18-21)30(19-22-11-7-6-10-20(22)3)28(32)23-12-8-9-13-25(23)34(26)33/h6-15,18H,4-5,16-17,19H2,1-3H3/t34-/m0/s1. The molecule has 176 valence electrons. The van der Waals surface area contributed by atoms with Crippen molar-refractivity contribution >= 4 is 28.3 Å². The third kappa shape index (κ3) is 4.55. The first-order chi connectivity index (χ1) is 16.5. The van der Waals surface area contributed by atoms with Gasteiger partial charge in [-0.05, 0) is 61.2 Å². The van der Waals surface area contributed by atoms with Crippen LogP contribution in [-0.4, -0.2) is 34.0 Å². The summed E-state index contributed by atoms with van der Waals surface area (Å²) in [5, 5.41) is 0. The van der Waals surface area contributed by atoms with E-state index in [0.29, 0.717) is 46.2 Å². The molecule has 0 fully saturated rings. The zero-order valence-electron chi connectivity index (χ0n) is 19.9. The average molecular weight is 475 g/mol. The molecule has 0 aromatic heterocycles. The van der Waals surface area contributed by atoms with Gasteiger partial charge in [0.25, 0.3) is 11.8 Å². The molecule has 6 heteroatoms. The fraction of sp³-hybridized carbons (Fsp3) is 0.286. The third-order valence-electron chi connectivity index (χ3n) is 6.12. The molecule has 0 N–H and O–H groups in total. The molecule has 0 saturated carbocycles. The number of rotatable bonds is 7.